The van der Waals surface area contributed by atoms with Crippen LogP contribution in [0.5, 0.6) is 0 Å². The number of alkyl carbamates (subject to hydrolysis) is 1. The lowest BCUT2D eigenvalue weighted by Gasteiger charge is -2.33. The van der Waals surface area contributed by atoms with Crippen molar-refractivity contribution in [1.29, 1.82) is 0 Å². The molecule has 0 unspecified atom stereocenters. The van der Waals surface area contributed by atoms with Gasteiger partial charge in [0.25, 0.3) is 0 Å². The van der Waals surface area contributed by atoms with Crippen molar-refractivity contribution in [1.82, 2.24) is 5.32 Å². The van der Waals surface area contributed by atoms with E-state index in [1.54, 1.807) is 20.8 Å². The number of carbonyl (C=O) groups is 1. The maximum atomic E-state index is 11.4. The Balaban J connectivity index is 4.49. The lowest BCUT2D eigenvalue weighted by molar-refractivity contribution is -0.0157. The second-order valence-corrected chi connectivity index (χ2v) is 4.90. The molecule has 0 aliphatic rings. The van der Waals surface area contributed by atoms with Gasteiger partial charge in [0, 0.05) is 0 Å². The zero-order valence-corrected chi connectivity index (χ0v) is 10.1. The summed E-state index contributed by atoms with van der Waals surface area (Å²) in [4.78, 5) is 11.4. The summed E-state index contributed by atoms with van der Waals surface area (Å²) >= 11 is 0. The van der Waals surface area contributed by atoms with Crippen LogP contribution in [0.4, 0.5) is 4.79 Å². The first-order valence-corrected chi connectivity index (χ1v) is 5.05. The molecular weight excluding hydrogens is 214 g/mol. The maximum absolute atomic E-state index is 11.4. The average Bonchev–Trinajstić information content (AvgIpc) is 2.13. The lowest BCUT2D eigenvalue weighted by Crippen LogP contribution is -2.59. The van der Waals surface area contributed by atoms with Gasteiger partial charge in [0.1, 0.15) is 11.7 Å². The molecule has 0 saturated heterocycles. The smallest absolute Gasteiger partial charge is 0.408 e. The van der Waals surface area contributed by atoms with Crippen LogP contribution in [0.2, 0.25) is 0 Å². The quantitative estimate of drug-likeness (QED) is 0.532. The highest BCUT2D eigenvalue weighted by Gasteiger charge is 2.35. The zero-order chi connectivity index (χ0) is 13.0. The highest BCUT2D eigenvalue weighted by atomic mass is 16.6. The minimum Gasteiger partial charge on any atom is -0.444 e. The molecule has 0 aromatic heterocycles. The summed E-state index contributed by atoms with van der Waals surface area (Å²) in [5.74, 6) is 0. The fourth-order valence-corrected chi connectivity index (χ4v) is 0.966. The fraction of sp³-hybridized carbons (Fsp3) is 0.900. The molecule has 0 bridgehead atoms. The van der Waals surface area contributed by atoms with Crippen molar-refractivity contribution in [3.05, 3.63) is 0 Å². The van der Waals surface area contributed by atoms with Crippen molar-refractivity contribution in [3.8, 4) is 0 Å². The van der Waals surface area contributed by atoms with Crippen molar-refractivity contribution in [2.24, 2.45) is 0 Å². The van der Waals surface area contributed by atoms with E-state index in [-0.39, 0.29) is 0 Å². The fourth-order valence-electron chi connectivity index (χ4n) is 0.966. The van der Waals surface area contributed by atoms with Crippen molar-refractivity contribution >= 4 is 6.09 Å². The van der Waals surface area contributed by atoms with Crippen LogP contribution in [0.1, 0.15) is 27.7 Å². The first-order valence-electron chi connectivity index (χ1n) is 5.05. The molecular formula is C10H21NO5. The van der Waals surface area contributed by atoms with Gasteiger partial charge in [-0.05, 0) is 27.7 Å². The third-order valence-corrected chi connectivity index (χ3v) is 2.02. The molecule has 0 rings (SSSR count). The predicted molar refractivity (Wildman–Crippen MR) is 58.0 cm³/mol. The van der Waals surface area contributed by atoms with E-state index in [4.69, 9.17) is 14.9 Å². The van der Waals surface area contributed by atoms with Gasteiger partial charge >= 0.3 is 6.09 Å². The highest BCUT2D eigenvalue weighted by molar-refractivity contribution is 5.68. The molecule has 0 heterocycles. The van der Waals surface area contributed by atoms with E-state index in [2.05, 4.69) is 5.32 Å². The van der Waals surface area contributed by atoms with Crippen molar-refractivity contribution in [2.75, 3.05) is 13.2 Å². The van der Waals surface area contributed by atoms with Crippen LogP contribution in [0, 0.1) is 0 Å². The summed E-state index contributed by atoms with van der Waals surface area (Å²) in [5.41, 5.74) is -1.98. The highest BCUT2D eigenvalue weighted by Crippen LogP contribution is 2.12. The molecule has 0 saturated carbocycles. The monoisotopic (exact) mass is 235 g/mol. The van der Waals surface area contributed by atoms with Crippen LogP contribution in [0.15, 0.2) is 0 Å². The van der Waals surface area contributed by atoms with Crippen LogP contribution in [0.25, 0.3) is 0 Å². The van der Waals surface area contributed by atoms with Crippen LogP contribution >= 0.6 is 0 Å². The number of aliphatic hydroxyl groups excluding tert-OH is 3. The van der Waals surface area contributed by atoms with Crippen molar-refractivity contribution in [3.63, 3.8) is 0 Å². The predicted octanol–water partition coefficient (Wildman–Crippen LogP) is -0.385. The van der Waals surface area contributed by atoms with E-state index in [1.165, 1.54) is 6.92 Å². The number of aliphatic hydroxyl groups is 3. The second kappa shape index (κ2) is 5.47. The standard InChI is InChI=1S/C10H21NO5/c1-9(2,3)16-8(15)11-10(4,6-13)7(14)5-12/h7,12-14H,5-6H2,1-4H3,(H,11,15)/t7-,10+/m1/s1. The Morgan fingerprint density at radius 3 is 2.12 bits per heavy atom. The van der Waals surface area contributed by atoms with Crippen LogP contribution in [0.3, 0.4) is 0 Å². The Hall–Kier alpha value is -0.850. The summed E-state index contributed by atoms with van der Waals surface area (Å²) in [7, 11) is 0. The molecule has 0 aromatic carbocycles. The molecule has 2 atom stereocenters. The average molecular weight is 235 g/mol. The van der Waals surface area contributed by atoms with Gasteiger partial charge in [-0.2, -0.15) is 0 Å². The van der Waals surface area contributed by atoms with Gasteiger partial charge in [-0.15, -0.1) is 0 Å². The SMILES string of the molecule is CC(C)(C)OC(=O)N[C@@](C)(CO)[C@H](O)CO. The van der Waals surface area contributed by atoms with E-state index in [0.29, 0.717) is 0 Å². The number of amides is 1. The third kappa shape index (κ3) is 4.78. The summed E-state index contributed by atoms with van der Waals surface area (Å²) < 4.78 is 4.98. The molecule has 16 heavy (non-hydrogen) atoms. The maximum Gasteiger partial charge on any atom is 0.408 e. The van der Waals surface area contributed by atoms with E-state index in [9.17, 15) is 9.90 Å². The molecule has 0 aliphatic carbocycles. The summed E-state index contributed by atoms with van der Waals surface area (Å²) in [6, 6.07) is 0. The Morgan fingerprint density at radius 2 is 1.81 bits per heavy atom. The van der Waals surface area contributed by atoms with Gasteiger partial charge in [0.15, 0.2) is 0 Å². The number of hydrogen-bond donors (Lipinski definition) is 4. The van der Waals surface area contributed by atoms with Gasteiger partial charge in [-0.25, -0.2) is 4.79 Å². The Bertz CT molecular complexity index is 238. The largest absolute Gasteiger partial charge is 0.444 e. The Labute approximate surface area is 95.2 Å². The summed E-state index contributed by atoms with van der Waals surface area (Å²) in [6.45, 7) is 5.45. The van der Waals surface area contributed by atoms with Gasteiger partial charge in [-0.1, -0.05) is 0 Å². The molecule has 6 heteroatoms. The van der Waals surface area contributed by atoms with E-state index < -0.39 is 36.6 Å². The van der Waals surface area contributed by atoms with Gasteiger partial charge in [0.2, 0.25) is 0 Å². The number of ether oxygens (including phenoxy) is 1. The third-order valence-electron chi connectivity index (χ3n) is 2.02. The Morgan fingerprint density at radius 1 is 1.31 bits per heavy atom. The molecule has 0 aliphatic heterocycles. The van der Waals surface area contributed by atoms with Crippen LogP contribution < -0.4 is 5.32 Å². The molecule has 4 N–H and O–H groups in total. The van der Waals surface area contributed by atoms with Gasteiger partial charge in [0.05, 0.1) is 18.8 Å². The van der Waals surface area contributed by atoms with Crippen LogP contribution in [-0.2, 0) is 4.74 Å². The molecule has 0 fully saturated rings. The minimum absolute atomic E-state index is 0.506. The van der Waals surface area contributed by atoms with Crippen molar-refractivity contribution < 1.29 is 24.9 Å². The molecule has 96 valence electrons. The van der Waals surface area contributed by atoms with Gasteiger partial charge < -0.3 is 25.4 Å². The number of nitrogens with one attached hydrogen (secondary N) is 1. The molecule has 6 nitrogen and oxygen atoms in total. The molecule has 0 spiro atoms. The molecule has 0 radical (unpaired) electrons. The molecule has 1 amide bonds. The number of hydrogen-bond acceptors (Lipinski definition) is 5. The molecule has 0 aromatic rings. The summed E-state index contributed by atoms with van der Waals surface area (Å²) in [5, 5.41) is 29.7. The summed E-state index contributed by atoms with van der Waals surface area (Å²) in [6.07, 6.45) is -2.01. The lowest BCUT2D eigenvalue weighted by atomic mass is 9.96. The first kappa shape index (κ1) is 15.2. The van der Waals surface area contributed by atoms with E-state index in [0.717, 1.165) is 0 Å². The van der Waals surface area contributed by atoms with Crippen LogP contribution in [-0.4, -0.2) is 51.9 Å². The van der Waals surface area contributed by atoms with E-state index >= 15 is 0 Å². The normalized spacial score (nSPS) is 17.4. The van der Waals surface area contributed by atoms with E-state index in [1.807, 2.05) is 0 Å². The topological polar surface area (TPSA) is 99.0 Å². The second-order valence-electron chi connectivity index (χ2n) is 4.90. The number of carbonyl (C=O) groups excluding carboxylic acids is 1. The number of rotatable bonds is 4. The van der Waals surface area contributed by atoms with Crippen molar-refractivity contribution in [2.45, 2.75) is 44.9 Å². The Kier molecular flexibility index (Phi) is 5.18. The first-order chi connectivity index (χ1) is 7.14. The van der Waals surface area contributed by atoms with Gasteiger partial charge in [-0.3, -0.25) is 0 Å². The minimum atomic E-state index is -1.32. The zero-order valence-electron chi connectivity index (χ0n) is 10.1.